The topological polar surface area (TPSA) is 53.4 Å². The van der Waals surface area contributed by atoms with Crippen molar-refractivity contribution in [2.45, 2.75) is 39.2 Å². The standard InChI is InChI=1S/C14H19FN2O2/c1-9(2)5-6-17(11-3-4-11)13-12(14(18)19)7-10(15)8-16-13/h7-9,11H,3-6H2,1-2H3,(H,18,19). The van der Waals surface area contributed by atoms with Crippen molar-refractivity contribution in [3.8, 4) is 0 Å². The van der Waals surface area contributed by atoms with Crippen LogP contribution in [0.25, 0.3) is 0 Å². The molecule has 1 fully saturated rings. The van der Waals surface area contributed by atoms with Crippen LogP contribution in [0.5, 0.6) is 0 Å². The number of halogens is 1. The molecule has 0 atom stereocenters. The lowest BCUT2D eigenvalue weighted by Crippen LogP contribution is -2.30. The van der Waals surface area contributed by atoms with Gasteiger partial charge in [0, 0.05) is 12.6 Å². The molecule has 0 saturated heterocycles. The smallest absolute Gasteiger partial charge is 0.339 e. The molecule has 1 saturated carbocycles. The summed E-state index contributed by atoms with van der Waals surface area (Å²) in [5, 5.41) is 9.19. The molecule has 5 heteroatoms. The summed E-state index contributed by atoms with van der Waals surface area (Å²) in [5.74, 6) is -0.801. The summed E-state index contributed by atoms with van der Waals surface area (Å²) >= 11 is 0. The van der Waals surface area contributed by atoms with E-state index in [2.05, 4.69) is 18.8 Å². The number of carboxylic acid groups (broad SMARTS) is 1. The molecule has 104 valence electrons. The second-order valence-corrected chi connectivity index (χ2v) is 5.44. The Morgan fingerprint density at radius 3 is 2.79 bits per heavy atom. The van der Waals surface area contributed by atoms with Gasteiger partial charge < -0.3 is 10.0 Å². The molecular formula is C14H19FN2O2. The van der Waals surface area contributed by atoms with E-state index in [4.69, 9.17) is 0 Å². The molecule has 0 aliphatic heterocycles. The molecular weight excluding hydrogens is 247 g/mol. The summed E-state index contributed by atoms with van der Waals surface area (Å²) in [4.78, 5) is 17.3. The van der Waals surface area contributed by atoms with Crippen molar-refractivity contribution in [3.63, 3.8) is 0 Å². The van der Waals surface area contributed by atoms with Crippen LogP contribution in [-0.4, -0.2) is 28.6 Å². The molecule has 1 aromatic rings. The molecule has 1 aromatic heterocycles. The van der Waals surface area contributed by atoms with Crippen molar-refractivity contribution < 1.29 is 14.3 Å². The Bertz CT molecular complexity index is 473. The van der Waals surface area contributed by atoms with Crippen molar-refractivity contribution in [2.24, 2.45) is 5.92 Å². The maximum Gasteiger partial charge on any atom is 0.339 e. The Balaban J connectivity index is 2.28. The van der Waals surface area contributed by atoms with E-state index in [0.717, 1.165) is 38.1 Å². The van der Waals surface area contributed by atoms with Gasteiger partial charge in [0.15, 0.2) is 0 Å². The molecule has 19 heavy (non-hydrogen) atoms. The highest BCUT2D eigenvalue weighted by Gasteiger charge is 2.32. The van der Waals surface area contributed by atoms with Crippen molar-refractivity contribution >= 4 is 11.8 Å². The zero-order valence-corrected chi connectivity index (χ0v) is 11.3. The first-order valence-electron chi connectivity index (χ1n) is 6.64. The molecule has 0 aromatic carbocycles. The van der Waals surface area contributed by atoms with Crippen LogP contribution in [0.2, 0.25) is 0 Å². The van der Waals surface area contributed by atoms with E-state index in [1.807, 2.05) is 4.90 Å². The van der Waals surface area contributed by atoms with Crippen LogP contribution >= 0.6 is 0 Å². The third-order valence-corrected chi connectivity index (χ3v) is 3.27. The van der Waals surface area contributed by atoms with Crippen LogP contribution in [0.4, 0.5) is 10.2 Å². The van der Waals surface area contributed by atoms with Gasteiger partial charge in [-0.2, -0.15) is 0 Å². The van der Waals surface area contributed by atoms with E-state index in [-0.39, 0.29) is 5.56 Å². The first-order valence-corrected chi connectivity index (χ1v) is 6.64. The number of anilines is 1. The summed E-state index contributed by atoms with van der Waals surface area (Å²) in [6, 6.07) is 1.41. The number of hydrogen-bond acceptors (Lipinski definition) is 3. The summed E-state index contributed by atoms with van der Waals surface area (Å²) in [7, 11) is 0. The van der Waals surface area contributed by atoms with E-state index in [9.17, 15) is 14.3 Å². The van der Waals surface area contributed by atoms with Gasteiger partial charge in [-0.3, -0.25) is 0 Å². The zero-order chi connectivity index (χ0) is 14.0. The van der Waals surface area contributed by atoms with Crippen molar-refractivity contribution in [3.05, 3.63) is 23.6 Å². The molecule has 0 spiro atoms. The van der Waals surface area contributed by atoms with Gasteiger partial charge in [-0.05, 0) is 31.2 Å². The molecule has 1 aliphatic carbocycles. The first-order chi connectivity index (χ1) is 8.99. The Hall–Kier alpha value is -1.65. The molecule has 0 bridgehead atoms. The fourth-order valence-corrected chi connectivity index (χ4v) is 2.06. The molecule has 0 amide bonds. The first kappa shape index (κ1) is 13.8. The van der Waals surface area contributed by atoms with Crippen molar-refractivity contribution in [2.75, 3.05) is 11.4 Å². The number of nitrogens with zero attached hydrogens (tertiary/aromatic N) is 2. The minimum absolute atomic E-state index is 0.0457. The summed E-state index contributed by atoms with van der Waals surface area (Å²) in [5.41, 5.74) is -0.0457. The van der Waals surface area contributed by atoms with E-state index < -0.39 is 11.8 Å². The van der Waals surface area contributed by atoms with Crippen LogP contribution in [0.15, 0.2) is 12.3 Å². The molecule has 0 radical (unpaired) electrons. The van der Waals surface area contributed by atoms with Crippen LogP contribution in [0, 0.1) is 11.7 Å². The molecule has 4 nitrogen and oxygen atoms in total. The van der Waals surface area contributed by atoms with E-state index in [0.29, 0.717) is 17.8 Å². The fourth-order valence-electron chi connectivity index (χ4n) is 2.06. The van der Waals surface area contributed by atoms with Gasteiger partial charge in [0.05, 0.1) is 6.20 Å². The largest absolute Gasteiger partial charge is 0.478 e. The number of carboxylic acids is 1. The molecule has 1 heterocycles. The second-order valence-electron chi connectivity index (χ2n) is 5.44. The van der Waals surface area contributed by atoms with Gasteiger partial charge in [-0.25, -0.2) is 14.2 Å². The summed E-state index contributed by atoms with van der Waals surface area (Å²) < 4.78 is 13.2. The minimum Gasteiger partial charge on any atom is -0.478 e. The lowest BCUT2D eigenvalue weighted by molar-refractivity contribution is 0.0696. The van der Waals surface area contributed by atoms with Gasteiger partial charge in [0.2, 0.25) is 0 Å². The third-order valence-electron chi connectivity index (χ3n) is 3.27. The number of hydrogen-bond donors (Lipinski definition) is 1. The minimum atomic E-state index is -1.13. The van der Waals surface area contributed by atoms with E-state index >= 15 is 0 Å². The Morgan fingerprint density at radius 1 is 1.58 bits per heavy atom. The second kappa shape index (κ2) is 5.55. The predicted molar refractivity (Wildman–Crippen MR) is 71.0 cm³/mol. The number of carbonyl (C=O) groups is 1. The highest BCUT2D eigenvalue weighted by molar-refractivity contribution is 5.93. The fraction of sp³-hybridized carbons (Fsp3) is 0.571. The number of pyridine rings is 1. The molecule has 2 rings (SSSR count). The van der Waals surface area contributed by atoms with E-state index in [1.54, 1.807) is 0 Å². The lowest BCUT2D eigenvalue weighted by Gasteiger charge is -2.25. The highest BCUT2D eigenvalue weighted by Crippen LogP contribution is 2.33. The normalized spacial score (nSPS) is 14.7. The monoisotopic (exact) mass is 266 g/mol. The van der Waals surface area contributed by atoms with Crippen LogP contribution in [0.3, 0.4) is 0 Å². The Morgan fingerprint density at radius 2 is 2.26 bits per heavy atom. The number of aromatic carboxylic acids is 1. The van der Waals surface area contributed by atoms with Crippen molar-refractivity contribution in [1.29, 1.82) is 0 Å². The predicted octanol–water partition coefficient (Wildman–Crippen LogP) is 2.93. The van der Waals surface area contributed by atoms with Gasteiger partial charge in [0.25, 0.3) is 0 Å². The average Bonchev–Trinajstić information content (AvgIpc) is 3.14. The third kappa shape index (κ3) is 3.43. The van der Waals surface area contributed by atoms with Crippen LogP contribution in [0.1, 0.15) is 43.5 Å². The average molecular weight is 266 g/mol. The lowest BCUT2D eigenvalue weighted by atomic mass is 10.1. The maximum absolute atomic E-state index is 13.2. The SMILES string of the molecule is CC(C)CCN(c1ncc(F)cc1C(=O)O)C1CC1. The van der Waals surface area contributed by atoms with Crippen LogP contribution in [-0.2, 0) is 0 Å². The van der Waals surface area contributed by atoms with Crippen molar-refractivity contribution in [1.82, 2.24) is 4.98 Å². The molecule has 0 unspecified atom stereocenters. The van der Waals surface area contributed by atoms with Gasteiger partial charge >= 0.3 is 5.97 Å². The Kier molecular flexibility index (Phi) is 4.02. The van der Waals surface area contributed by atoms with Gasteiger partial charge in [-0.15, -0.1) is 0 Å². The number of rotatable bonds is 6. The Labute approximate surface area is 112 Å². The quantitative estimate of drug-likeness (QED) is 0.860. The highest BCUT2D eigenvalue weighted by atomic mass is 19.1. The zero-order valence-electron chi connectivity index (χ0n) is 11.3. The maximum atomic E-state index is 13.2. The van der Waals surface area contributed by atoms with Gasteiger partial charge in [-0.1, -0.05) is 13.8 Å². The van der Waals surface area contributed by atoms with Crippen LogP contribution < -0.4 is 4.90 Å². The molecule has 1 N–H and O–H groups in total. The summed E-state index contributed by atoms with van der Waals surface area (Å²) in [6.07, 6.45) is 4.16. The molecule has 1 aliphatic rings. The van der Waals surface area contributed by atoms with Gasteiger partial charge in [0.1, 0.15) is 17.2 Å². The van der Waals surface area contributed by atoms with E-state index in [1.165, 1.54) is 0 Å². The summed E-state index contributed by atoms with van der Waals surface area (Å²) in [6.45, 7) is 5.02. The number of aromatic nitrogens is 1.